The van der Waals surface area contributed by atoms with Crippen molar-refractivity contribution in [3.63, 3.8) is 0 Å². The van der Waals surface area contributed by atoms with Crippen molar-refractivity contribution in [3.8, 4) is 0 Å². The molecule has 3 aliphatic heterocycles. The van der Waals surface area contributed by atoms with Gasteiger partial charge in [-0.1, -0.05) is 0 Å². The van der Waals surface area contributed by atoms with Crippen LogP contribution < -0.4 is 10.6 Å². The summed E-state index contributed by atoms with van der Waals surface area (Å²) < 4.78 is 0. The molecule has 2 unspecified atom stereocenters. The Morgan fingerprint density at radius 2 is 2.26 bits per heavy atom. The van der Waals surface area contributed by atoms with Gasteiger partial charge >= 0.3 is 0 Å². The first kappa shape index (κ1) is 14.3. The van der Waals surface area contributed by atoms with Crippen molar-refractivity contribution in [2.75, 3.05) is 11.9 Å². The van der Waals surface area contributed by atoms with Gasteiger partial charge < -0.3 is 10.6 Å². The first-order valence-electron chi connectivity index (χ1n) is 8.15. The maximum absolute atomic E-state index is 4.77. The van der Waals surface area contributed by atoms with Crippen LogP contribution in [0.3, 0.4) is 0 Å². The highest BCUT2D eigenvalue weighted by atomic mass is 15.5. The fourth-order valence-corrected chi connectivity index (χ4v) is 3.32. The molecular formula is C16H21N7. The predicted octanol–water partition coefficient (Wildman–Crippen LogP) is 1.34. The van der Waals surface area contributed by atoms with Gasteiger partial charge in [0.05, 0.1) is 17.8 Å². The van der Waals surface area contributed by atoms with Crippen molar-refractivity contribution in [3.05, 3.63) is 30.5 Å². The number of hydrogen-bond acceptors (Lipinski definition) is 7. The van der Waals surface area contributed by atoms with Crippen molar-refractivity contribution in [2.45, 2.75) is 43.8 Å². The van der Waals surface area contributed by atoms with E-state index in [0.29, 0.717) is 12.1 Å². The van der Waals surface area contributed by atoms with Crippen molar-refractivity contribution < 1.29 is 0 Å². The summed E-state index contributed by atoms with van der Waals surface area (Å²) in [4.78, 5) is 13.4. The van der Waals surface area contributed by atoms with Crippen LogP contribution in [-0.4, -0.2) is 52.1 Å². The van der Waals surface area contributed by atoms with Crippen molar-refractivity contribution in [1.82, 2.24) is 20.3 Å². The van der Waals surface area contributed by atoms with Gasteiger partial charge in [-0.25, -0.2) is 4.98 Å². The molecule has 7 heteroatoms. The topological polar surface area (TPSA) is 77.8 Å². The number of aromatic nitrogens is 2. The summed E-state index contributed by atoms with van der Waals surface area (Å²) in [7, 11) is 0. The molecule has 3 aliphatic rings. The van der Waals surface area contributed by atoms with E-state index in [1.807, 2.05) is 29.8 Å². The van der Waals surface area contributed by atoms with Crippen LogP contribution in [0.5, 0.6) is 0 Å². The third kappa shape index (κ3) is 2.84. The minimum Gasteiger partial charge on any atom is -0.364 e. The number of rotatable bonds is 3. The van der Waals surface area contributed by atoms with E-state index in [9.17, 15) is 0 Å². The van der Waals surface area contributed by atoms with E-state index in [-0.39, 0.29) is 12.0 Å². The van der Waals surface area contributed by atoms with Crippen LogP contribution in [0.1, 0.15) is 31.4 Å². The molecule has 0 bridgehead atoms. The van der Waals surface area contributed by atoms with Gasteiger partial charge in [0.1, 0.15) is 11.9 Å². The van der Waals surface area contributed by atoms with E-state index in [2.05, 4.69) is 32.6 Å². The van der Waals surface area contributed by atoms with Crippen LogP contribution in [0.25, 0.3) is 0 Å². The van der Waals surface area contributed by atoms with E-state index in [1.54, 1.807) is 12.4 Å². The molecule has 23 heavy (non-hydrogen) atoms. The summed E-state index contributed by atoms with van der Waals surface area (Å²) in [6.45, 7) is 3.30. The van der Waals surface area contributed by atoms with Crippen molar-refractivity contribution in [1.29, 1.82) is 0 Å². The summed E-state index contributed by atoms with van der Waals surface area (Å²) in [5.41, 5.74) is 0.921. The molecule has 1 aromatic heterocycles. The average Bonchev–Trinajstić information content (AvgIpc) is 3.01. The lowest BCUT2D eigenvalue weighted by atomic mass is 9.98. The number of piperidine rings is 1. The third-order valence-corrected chi connectivity index (χ3v) is 4.67. The van der Waals surface area contributed by atoms with Crippen LogP contribution >= 0.6 is 0 Å². The number of aliphatic imine (C=N–C) groups is 1. The molecule has 4 atom stereocenters. The Hall–Kier alpha value is -2.28. The first-order valence-corrected chi connectivity index (χ1v) is 8.15. The number of nitrogens with one attached hydrogen (secondary N) is 2. The molecule has 120 valence electrons. The largest absolute Gasteiger partial charge is 0.364 e. The van der Waals surface area contributed by atoms with Gasteiger partial charge in [0.2, 0.25) is 0 Å². The summed E-state index contributed by atoms with van der Waals surface area (Å²) in [6.07, 6.45) is 13.4. The first-order chi connectivity index (χ1) is 11.3. The van der Waals surface area contributed by atoms with Crippen LogP contribution in [-0.2, 0) is 0 Å². The Kier molecular flexibility index (Phi) is 3.78. The van der Waals surface area contributed by atoms with Crippen molar-refractivity contribution in [2.24, 2.45) is 10.1 Å². The van der Waals surface area contributed by atoms with Crippen LogP contribution in [0.2, 0.25) is 0 Å². The van der Waals surface area contributed by atoms with E-state index >= 15 is 0 Å². The van der Waals surface area contributed by atoms with Crippen LogP contribution in [0.4, 0.5) is 5.82 Å². The average molecular weight is 311 g/mol. The number of fused-ring (bicyclic) bond motifs is 1. The second-order valence-electron chi connectivity index (χ2n) is 6.22. The van der Waals surface area contributed by atoms with Gasteiger partial charge in [0, 0.05) is 43.1 Å². The zero-order valence-electron chi connectivity index (χ0n) is 13.1. The van der Waals surface area contributed by atoms with Gasteiger partial charge in [-0.05, 0) is 26.3 Å². The quantitative estimate of drug-likeness (QED) is 0.881. The fraction of sp³-hybridized carbons (Fsp3) is 0.500. The van der Waals surface area contributed by atoms with Gasteiger partial charge in [-0.2, -0.15) is 5.10 Å². The number of hydrazone groups is 1. The molecule has 0 saturated carbocycles. The second kappa shape index (κ2) is 6.08. The van der Waals surface area contributed by atoms with Gasteiger partial charge in [-0.15, -0.1) is 0 Å². The second-order valence-corrected chi connectivity index (χ2v) is 6.22. The minimum absolute atomic E-state index is 0.0832. The molecule has 0 amide bonds. The fourth-order valence-electron chi connectivity index (χ4n) is 3.32. The highest BCUT2D eigenvalue weighted by Crippen LogP contribution is 2.27. The van der Waals surface area contributed by atoms with Crippen LogP contribution in [0.15, 0.2) is 34.9 Å². The van der Waals surface area contributed by atoms with Gasteiger partial charge in [0.15, 0.2) is 0 Å². The Morgan fingerprint density at radius 3 is 3.17 bits per heavy atom. The van der Waals surface area contributed by atoms with Crippen LogP contribution in [0, 0.1) is 0 Å². The lowest BCUT2D eigenvalue weighted by Gasteiger charge is -2.31. The standard InChI is InChI=1S/C16H21N7/c1-11-13(3-2-4-19-11)21-16-10-18-8-14(22-16)12-7-20-23-6-5-17-9-15(12)23/h5-13,15,19H,2-4H2,1H3,(H,21,22)/t11-,12?,13-,15?/m1/s1. The molecule has 2 N–H and O–H groups in total. The molecule has 0 aromatic carbocycles. The molecule has 4 heterocycles. The lowest BCUT2D eigenvalue weighted by molar-refractivity contribution is 0.371. The molecule has 1 fully saturated rings. The Balaban J connectivity index is 1.51. The molecule has 1 saturated heterocycles. The molecule has 0 radical (unpaired) electrons. The maximum atomic E-state index is 4.77. The van der Waals surface area contributed by atoms with Gasteiger partial charge in [0.25, 0.3) is 0 Å². The SMILES string of the molecule is C[C@H]1NCCC[C@H]1Nc1cncc(C2C=NN3C=CN=CC23)n1. The molecular weight excluding hydrogens is 290 g/mol. The predicted molar refractivity (Wildman–Crippen MR) is 90.6 cm³/mol. The molecule has 7 nitrogen and oxygen atoms in total. The Morgan fingerprint density at radius 1 is 1.30 bits per heavy atom. The van der Waals surface area contributed by atoms with E-state index in [0.717, 1.165) is 24.5 Å². The molecule has 1 aromatic rings. The zero-order chi connectivity index (χ0) is 15.6. The van der Waals surface area contributed by atoms with Crippen molar-refractivity contribution >= 4 is 18.2 Å². The smallest absolute Gasteiger partial charge is 0.145 e. The summed E-state index contributed by atoms with van der Waals surface area (Å²) in [6, 6.07) is 0.925. The number of hydrogen-bond donors (Lipinski definition) is 2. The van der Waals surface area contributed by atoms with E-state index < -0.39 is 0 Å². The number of anilines is 1. The molecule has 4 rings (SSSR count). The minimum atomic E-state index is 0.0832. The maximum Gasteiger partial charge on any atom is 0.145 e. The normalized spacial score (nSPS) is 32.1. The highest BCUT2D eigenvalue weighted by molar-refractivity contribution is 5.81. The summed E-state index contributed by atoms with van der Waals surface area (Å²) >= 11 is 0. The molecule has 0 spiro atoms. The number of nitrogens with zero attached hydrogens (tertiary/aromatic N) is 5. The van der Waals surface area contributed by atoms with E-state index in [4.69, 9.17) is 4.98 Å². The zero-order valence-corrected chi connectivity index (χ0v) is 13.1. The summed E-state index contributed by atoms with van der Waals surface area (Å²) in [5, 5.41) is 13.3. The Bertz CT molecular complexity index is 654. The Labute approximate surface area is 135 Å². The third-order valence-electron chi connectivity index (χ3n) is 4.67. The van der Waals surface area contributed by atoms with E-state index in [1.165, 1.54) is 6.42 Å². The highest BCUT2D eigenvalue weighted by Gasteiger charge is 2.32. The van der Waals surface area contributed by atoms with Gasteiger partial charge in [-0.3, -0.25) is 15.0 Å². The molecule has 0 aliphatic carbocycles. The lowest BCUT2D eigenvalue weighted by Crippen LogP contribution is -2.46. The monoisotopic (exact) mass is 311 g/mol. The summed E-state index contributed by atoms with van der Waals surface area (Å²) in [5.74, 6) is 0.915.